The van der Waals surface area contributed by atoms with Gasteiger partial charge in [-0.15, -0.1) is 11.3 Å². The van der Waals surface area contributed by atoms with Crippen LogP contribution in [0.25, 0.3) is 10.2 Å². The summed E-state index contributed by atoms with van der Waals surface area (Å²) in [5.41, 5.74) is 3.07. The third-order valence-corrected chi connectivity index (χ3v) is 6.44. The highest BCUT2D eigenvalue weighted by atomic mass is 32.1. The summed E-state index contributed by atoms with van der Waals surface area (Å²) < 4.78 is 5.32. The zero-order valence-corrected chi connectivity index (χ0v) is 17.5. The molecule has 0 atom stereocenters. The van der Waals surface area contributed by atoms with Crippen molar-refractivity contribution in [3.05, 3.63) is 46.2 Å². The maximum atomic E-state index is 13.2. The zero-order valence-electron chi connectivity index (χ0n) is 16.7. The fourth-order valence-electron chi connectivity index (χ4n) is 3.80. The Kier molecular flexibility index (Phi) is 4.93. The van der Waals surface area contributed by atoms with Crippen LogP contribution in [0.15, 0.2) is 24.3 Å². The summed E-state index contributed by atoms with van der Waals surface area (Å²) in [5.74, 6) is 1.70. The first-order valence-electron chi connectivity index (χ1n) is 9.40. The molecule has 6 nitrogen and oxygen atoms in total. The number of carbonyl (C=O) groups excluding carboxylic acids is 1. The molecule has 0 saturated carbocycles. The summed E-state index contributed by atoms with van der Waals surface area (Å²) >= 11 is 1.48. The summed E-state index contributed by atoms with van der Waals surface area (Å²) in [6, 6.07) is 8.06. The van der Waals surface area contributed by atoms with Crippen molar-refractivity contribution in [3.63, 3.8) is 0 Å². The number of hydrogen-bond acceptors (Lipinski definition) is 6. The molecule has 1 aliphatic rings. The van der Waals surface area contributed by atoms with E-state index in [1.54, 1.807) is 7.11 Å². The second-order valence-electron chi connectivity index (χ2n) is 7.07. The summed E-state index contributed by atoms with van der Waals surface area (Å²) in [4.78, 5) is 28.1. The fraction of sp³-hybridized carbons (Fsp3) is 0.381. The Morgan fingerprint density at radius 3 is 2.57 bits per heavy atom. The van der Waals surface area contributed by atoms with Crippen molar-refractivity contribution in [1.29, 1.82) is 0 Å². The first-order chi connectivity index (χ1) is 13.5. The van der Waals surface area contributed by atoms with E-state index >= 15 is 0 Å². The van der Waals surface area contributed by atoms with E-state index in [1.807, 2.05) is 43.9 Å². The molecule has 28 heavy (non-hydrogen) atoms. The number of nitrogens with zero attached hydrogens (tertiary/aromatic N) is 4. The molecule has 0 bridgehead atoms. The molecule has 2 aromatic heterocycles. The lowest BCUT2D eigenvalue weighted by Crippen LogP contribution is -2.48. The second kappa shape index (κ2) is 7.39. The summed E-state index contributed by atoms with van der Waals surface area (Å²) in [6.45, 7) is 8.89. The SMILES string of the molecule is COc1cccc(N2CCN(C(=O)c3sc4nc(C)nc(C)c4c3C)CC2)c1. The number of fused-ring (bicyclic) bond motifs is 1. The number of hydrogen-bond donors (Lipinski definition) is 0. The van der Waals surface area contributed by atoms with Gasteiger partial charge in [0.2, 0.25) is 0 Å². The Hall–Kier alpha value is -2.67. The van der Waals surface area contributed by atoms with Crippen LogP contribution in [-0.2, 0) is 0 Å². The predicted molar refractivity (Wildman–Crippen MR) is 113 cm³/mol. The Balaban J connectivity index is 1.52. The molecule has 1 fully saturated rings. The first kappa shape index (κ1) is 18.7. The molecular weight excluding hydrogens is 372 g/mol. The van der Waals surface area contributed by atoms with E-state index in [0.29, 0.717) is 13.1 Å². The van der Waals surface area contributed by atoms with Crippen LogP contribution in [0.4, 0.5) is 5.69 Å². The lowest BCUT2D eigenvalue weighted by Gasteiger charge is -2.36. The number of aromatic nitrogens is 2. The quantitative estimate of drug-likeness (QED) is 0.677. The van der Waals surface area contributed by atoms with Gasteiger partial charge in [-0.2, -0.15) is 0 Å². The number of ether oxygens (including phenoxy) is 1. The Morgan fingerprint density at radius 2 is 1.86 bits per heavy atom. The second-order valence-corrected chi connectivity index (χ2v) is 8.07. The van der Waals surface area contributed by atoms with Crippen LogP contribution >= 0.6 is 11.3 Å². The van der Waals surface area contributed by atoms with Crippen LogP contribution in [0.1, 0.15) is 26.8 Å². The van der Waals surface area contributed by atoms with Crippen molar-refractivity contribution in [2.24, 2.45) is 0 Å². The standard InChI is InChI=1S/C21H24N4O2S/c1-13-18-14(2)22-15(3)23-20(18)28-19(13)21(26)25-10-8-24(9-11-25)16-6-5-7-17(12-16)27-4/h5-7,12H,8-11H2,1-4H3. The number of methoxy groups -OCH3 is 1. The van der Waals surface area contributed by atoms with Crippen molar-refractivity contribution in [2.45, 2.75) is 20.8 Å². The molecule has 0 radical (unpaired) electrons. The molecule has 7 heteroatoms. The smallest absolute Gasteiger partial charge is 0.264 e. The fourth-order valence-corrected chi connectivity index (χ4v) is 5.04. The van der Waals surface area contributed by atoms with Gasteiger partial charge in [0, 0.05) is 49.0 Å². The topological polar surface area (TPSA) is 58.6 Å². The highest BCUT2D eigenvalue weighted by Gasteiger charge is 2.26. The van der Waals surface area contributed by atoms with Crippen LogP contribution in [0.5, 0.6) is 5.75 Å². The lowest BCUT2D eigenvalue weighted by atomic mass is 10.1. The molecule has 1 aromatic carbocycles. The molecule has 1 amide bonds. The van der Waals surface area contributed by atoms with Gasteiger partial charge in [-0.25, -0.2) is 9.97 Å². The van der Waals surface area contributed by atoms with E-state index in [-0.39, 0.29) is 5.91 Å². The van der Waals surface area contributed by atoms with Crippen molar-refractivity contribution < 1.29 is 9.53 Å². The minimum absolute atomic E-state index is 0.0999. The monoisotopic (exact) mass is 396 g/mol. The summed E-state index contributed by atoms with van der Waals surface area (Å²) in [5, 5.41) is 1.02. The van der Waals surface area contributed by atoms with Gasteiger partial charge >= 0.3 is 0 Å². The van der Waals surface area contributed by atoms with Crippen LogP contribution in [0, 0.1) is 20.8 Å². The average molecular weight is 397 g/mol. The highest BCUT2D eigenvalue weighted by molar-refractivity contribution is 7.20. The van der Waals surface area contributed by atoms with Crippen molar-refractivity contribution in [1.82, 2.24) is 14.9 Å². The van der Waals surface area contributed by atoms with E-state index in [2.05, 4.69) is 20.9 Å². The third-order valence-electron chi connectivity index (χ3n) is 5.26. The molecule has 1 saturated heterocycles. The zero-order chi connectivity index (χ0) is 19.8. The van der Waals surface area contributed by atoms with Gasteiger partial charge < -0.3 is 14.5 Å². The van der Waals surface area contributed by atoms with E-state index in [4.69, 9.17) is 4.74 Å². The number of carbonyl (C=O) groups is 1. The minimum atomic E-state index is 0.0999. The van der Waals surface area contributed by atoms with Gasteiger partial charge in [-0.3, -0.25) is 4.79 Å². The molecule has 3 heterocycles. The number of aryl methyl sites for hydroxylation is 3. The number of thiophene rings is 1. The van der Waals surface area contributed by atoms with E-state index in [9.17, 15) is 4.79 Å². The summed E-state index contributed by atoms with van der Waals surface area (Å²) in [6.07, 6.45) is 0. The van der Waals surface area contributed by atoms with Gasteiger partial charge in [-0.1, -0.05) is 6.07 Å². The molecule has 0 aliphatic carbocycles. The van der Waals surface area contributed by atoms with Gasteiger partial charge in [-0.05, 0) is 38.5 Å². The number of benzene rings is 1. The minimum Gasteiger partial charge on any atom is -0.497 e. The van der Waals surface area contributed by atoms with E-state index in [0.717, 1.165) is 56.7 Å². The Labute approximate surface area is 168 Å². The van der Waals surface area contributed by atoms with Crippen LogP contribution < -0.4 is 9.64 Å². The molecule has 3 aromatic rings. The molecule has 146 valence electrons. The lowest BCUT2D eigenvalue weighted by molar-refractivity contribution is 0.0751. The van der Waals surface area contributed by atoms with Crippen molar-refractivity contribution >= 4 is 33.1 Å². The Morgan fingerprint density at radius 1 is 1.11 bits per heavy atom. The third kappa shape index (κ3) is 3.30. The largest absolute Gasteiger partial charge is 0.497 e. The van der Waals surface area contributed by atoms with Gasteiger partial charge in [0.1, 0.15) is 16.4 Å². The predicted octanol–water partition coefficient (Wildman–Crippen LogP) is 3.59. The molecule has 4 rings (SSSR count). The molecule has 0 spiro atoms. The van der Waals surface area contributed by atoms with Crippen LogP contribution in [0.2, 0.25) is 0 Å². The molecule has 0 unspecified atom stereocenters. The maximum absolute atomic E-state index is 13.2. The molecule has 1 aliphatic heterocycles. The summed E-state index contributed by atoms with van der Waals surface area (Å²) in [7, 11) is 1.68. The van der Waals surface area contributed by atoms with E-state index < -0.39 is 0 Å². The number of anilines is 1. The van der Waals surface area contributed by atoms with Gasteiger partial charge in [0.25, 0.3) is 5.91 Å². The average Bonchev–Trinajstić information content (AvgIpc) is 3.04. The van der Waals surface area contributed by atoms with Gasteiger partial charge in [0.15, 0.2) is 0 Å². The highest BCUT2D eigenvalue weighted by Crippen LogP contribution is 2.32. The molecular formula is C21H24N4O2S. The van der Waals surface area contributed by atoms with Crippen LogP contribution in [0.3, 0.4) is 0 Å². The number of rotatable bonds is 3. The Bertz CT molecular complexity index is 1040. The number of amides is 1. The van der Waals surface area contributed by atoms with Crippen LogP contribution in [-0.4, -0.2) is 54.1 Å². The molecule has 0 N–H and O–H groups in total. The normalized spacial score (nSPS) is 14.6. The van der Waals surface area contributed by atoms with Gasteiger partial charge in [0.05, 0.1) is 12.0 Å². The number of piperazine rings is 1. The van der Waals surface area contributed by atoms with Crippen molar-refractivity contribution in [2.75, 3.05) is 38.2 Å². The van der Waals surface area contributed by atoms with Crippen molar-refractivity contribution in [3.8, 4) is 5.75 Å². The van der Waals surface area contributed by atoms with E-state index in [1.165, 1.54) is 11.3 Å². The first-order valence-corrected chi connectivity index (χ1v) is 10.2. The maximum Gasteiger partial charge on any atom is 0.264 e.